The van der Waals surface area contributed by atoms with Crippen LogP contribution >= 0.6 is 0 Å². The maximum atomic E-state index is 12.4. The number of rotatable bonds is 7. The van der Waals surface area contributed by atoms with Crippen molar-refractivity contribution in [1.82, 2.24) is 4.98 Å². The van der Waals surface area contributed by atoms with Gasteiger partial charge in [0.05, 0.1) is 23.4 Å². The Balaban J connectivity index is 2.32. The molecule has 2 aromatic carbocycles. The number of ketones is 1. The molecule has 0 atom stereocenters. The number of anilines is 2. The lowest BCUT2D eigenvalue weighted by atomic mass is 9.96. The van der Waals surface area contributed by atoms with Crippen LogP contribution < -0.4 is 5.32 Å². The number of phenolic OH excluding ortho intramolecular Hbond substituents is 1. The lowest BCUT2D eigenvalue weighted by Gasteiger charge is -2.16. The first-order valence-corrected chi connectivity index (χ1v) is 9.66. The highest BCUT2D eigenvalue weighted by Crippen LogP contribution is 2.36. The van der Waals surface area contributed by atoms with Crippen LogP contribution in [0.5, 0.6) is 5.75 Å². The monoisotopic (exact) mass is 392 g/mol. The van der Waals surface area contributed by atoms with Crippen LogP contribution in [0.3, 0.4) is 0 Å². The standard InChI is InChI=1S/C23H24N2O4/c1-4-9-16-21-18(12-17(14(3)26)22(16)27)19(24-15-10-7-6-8-11-15)13-20(25-21)23(28)29-5-2/h6-8,10-13,27H,4-5,9H2,1-3H3,(H,24,25). The summed E-state index contributed by atoms with van der Waals surface area (Å²) in [4.78, 5) is 29.0. The first-order chi connectivity index (χ1) is 14.0. The molecule has 29 heavy (non-hydrogen) atoms. The number of hydrogen-bond donors (Lipinski definition) is 2. The van der Waals surface area contributed by atoms with E-state index in [2.05, 4.69) is 10.3 Å². The van der Waals surface area contributed by atoms with Crippen LogP contribution in [-0.2, 0) is 11.2 Å². The van der Waals surface area contributed by atoms with Gasteiger partial charge in [0.2, 0.25) is 0 Å². The van der Waals surface area contributed by atoms with Gasteiger partial charge in [-0.15, -0.1) is 0 Å². The Morgan fingerprint density at radius 3 is 2.48 bits per heavy atom. The maximum absolute atomic E-state index is 12.4. The molecule has 2 N–H and O–H groups in total. The number of aryl methyl sites for hydroxylation is 1. The molecule has 0 aliphatic heterocycles. The van der Waals surface area contributed by atoms with E-state index < -0.39 is 5.97 Å². The van der Waals surface area contributed by atoms with Crippen LogP contribution in [0, 0.1) is 0 Å². The van der Waals surface area contributed by atoms with E-state index in [-0.39, 0.29) is 29.4 Å². The SMILES string of the molecule is CCCc1c(O)c(C(C)=O)cc2c(Nc3ccccc3)cc(C(=O)OCC)nc12. The van der Waals surface area contributed by atoms with Crippen molar-refractivity contribution in [1.29, 1.82) is 0 Å². The summed E-state index contributed by atoms with van der Waals surface area (Å²) in [5.74, 6) is -0.851. The van der Waals surface area contributed by atoms with Gasteiger partial charge in [-0.3, -0.25) is 4.79 Å². The number of hydrogen-bond acceptors (Lipinski definition) is 6. The van der Waals surface area contributed by atoms with Crippen molar-refractivity contribution in [3.8, 4) is 5.75 Å². The second kappa shape index (κ2) is 8.73. The number of phenols is 1. The molecule has 0 spiro atoms. The topological polar surface area (TPSA) is 88.5 Å². The third-order valence-electron chi connectivity index (χ3n) is 4.59. The lowest BCUT2D eigenvalue weighted by Crippen LogP contribution is -2.10. The Labute approximate surface area is 169 Å². The van der Waals surface area contributed by atoms with E-state index in [1.165, 1.54) is 6.92 Å². The van der Waals surface area contributed by atoms with Crippen molar-refractivity contribution in [2.45, 2.75) is 33.6 Å². The Bertz CT molecular complexity index is 1060. The minimum absolute atomic E-state index is 0.0778. The fraction of sp³-hybridized carbons (Fsp3) is 0.261. The zero-order chi connectivity index (χ0) is 21.0. The van der Waals surface area contributed by atoms with Gasteiger partial charge in [-0.05, 0) is 44.5 Å². The zero-order valence-corrected chi connectivity index (χ0v) is 16.8. The van der Waals surface area contributed by atoms with E-state index in [0.717, 1.165) is 12.1 Å². The number of aromatic hydroxyl groups is 1. The summed E-state index contributed by atoms with van der Waals surface area (Å²) in [6, 6.07) is 12.7. The van der Waals surface area contributed by atoms with Gasteiger partial charge < -0.3 is 15.2 Å². The van der Waals surface area contributed by atoms with E-state index >= 15 is 0 Å². The number of fused-ring (bicyclic) bond motifs is 1. The summed E-state index contributed by atoms with van der Waals surface area (Å²) in [6.07, 6.45) is 1.27. The molecule has 6 nitrogen and oxygen atoms in total. The van der Waals surface area contributed by atoms with Crippen LogP contribution in [-0.4, -0.2) is 28.4 Å². The average Bonchev–Trinajstić information content (AvgIpc) is 2.70. The Morgan fingerprint density at radius 2 is 1.86 bits per heavy atom. The highest BCUT2D eigenvalue weighted by Gasteiger charge is 2.21. The second-order valence-electron chi connectivity index (χ2n) is 6.72. The number of aromatic nitrogens is 1. The largest absolute Gasteiger partial charge is 0.507 e. The van der Waals surface area contributed by atoms with Gasteiger partial charge in [0.25, 0.3) is 0 Å². The molecule has 0 fully saturated rings. The summed E-state index contributed by atoms with van der Waals surface area (Å²) in [5, 5.41) is 14.7. The number of carbonyl (C=O) groups is 2. The average molecular weight is 392 g/mol. The predicted molar refractivity (Wildman–Crippen MR) is 113 cm³/mol. The molecule has 1 heterocycles. The number of carbonyl (C=O) groups excluding carboxylic acids is 2. The first kappa shape index (κ1) is 20.3. The van der Waals surface area contributed by atoms with Gasteiger partial charge in [0.1, 0.15) is 5.75 Å². The minimum Gasteiger partial charge on any atom is -0.507 e. The number of benzene rings is 2. The van der Waals surface area contributed by atoms with Crippen LogP contribution in [0.1, 0.15) is 53.6 Å². The molecule has 6 heteroatoms. The predicted octanol–water partition coefficient (Wildman–Crippen LogP) is 5.02. The zero-order valence-electron chi connectivity index (χ0n) is 16.8. The van der Waals surface area contributed by atoms with Gasteiger partial charge >= 0.3 is 5.97 Å². The molecule has 1 aromatic heterocycles. The van der Waals surface area contributed by atoms with Crippen LogP contribution in [0.4, 0.5) is 11.4 Å². The van der Waals surface area contributed by atoms with Gasteiger partial charge in [-0.2, -0.15) is 0 Å². The van der Waals surface area contributed by atoms with Crippen molar-refractivity contribution in [2.75, 3.05) is 11.9 Å². The summed E-state index contributed by atoms with van der Waals surface area (Å²) in [6.45, 7) is 5.36. The molecule has 150 valence electrons. The Kier molecular flexibility index (Phi) is 6.12. The number of nitrogens with one attached hydrogen (secondary N) is 1. The lowest BCUT2D eigenvalue weighted by molar-refractivity contribution is 0.0520. The quantitative estimate of drug-likeness (QED) is 0.434. The van der Waals surface area contributed by atoms with Crippen LogP contribution in [0.25, 0.3) is 10.9 Å². The molecule has 0 bridgehead atoms. The summed E-state index contributed by atoms with van der Waals surface area (Å²) >= 11 is 0. The normalized spacial score (nSPS) is 10.7. The van der Waals surface area contributed by atoms with Crippen LogP contribution in [0.2, 0.25) is 0 Å². The van der Waals surface area contributed by atoms with E-state index in [1.807, 2.05) is 37.3 Å². The number of para-hydroxylation sites is 1. The third kappa shape index (κ3) is 4.21. The Hall–Kier alpha value is -3.41. The highest BCUT2D eigenvalue weighted by molar-refractivity contribution is 6.07. The molecule has 0 unspecified atom stereocenters. The number of ether oxygens (including phenoxy) is 1. The van der Waals surface area contributed by atoms with Gasteiger partial charge in [0.15, 0.2) is 11.5 Å². The molecule has 0 saturated carbocycles. The van der Waals surface area contributed by atoms with Crippen molar-refractivity contribution in [2.24, 2.45) is 0 Å². The molecule has 0 aliphatic rings. The molecular weight excluding hydrogens is 368 g/mol. The molecular formula is C23H24N2O4. The minimum atomic E-state index is -0.539. The maximum Gasteiger partial charge on any atom is 0.357 e. The fourth-order valence-corrected chi connectivity index (χ4v) is 3.26. The molecule has 0 saturated heterocycles. The van der Waals surface area contributed by atoms with E-state index in [9.17, 15) is 14.7 Å². The number of nitrogens with zero attached hydrogens (tertiary/aromatic N) is 1. The smallest absolute Gasteiger partial charge is 0.357 e. The van der Waals surface area contributed by atoms with Crippen molar-refractivity contribution < 1.29 is 19.4 Å². The number of esters is 1. The van der Waals surface area contributed by atoms with Gasteiger partial charge in [-0.1, -0.05) is 31.5 Å². The molecule has 0 radical (unpaired) electrons. The number of pyridine rings is 1. The van der Waals surface area contributed by atoms with Crippen molar-refractivity contribution in [3.63, 3.8) is 0 Å². The summed E-state index contributed by atoms with van der Waals surface area (Å²) in [7, 11) is 0. The molecule has 3 rings (SSSR count). The molecule has 3 aromatic rings. The van der Waals surface area contributed by atoms with E-state index in [4.69, 9.17) is 4.74 Å². The van der Waals surface area contributed by atoms with E-state index in [1.54, 1.807) is 19.1 Å². The Morgan fingerprint density at radius 1 is 1.14 bits per heavy atom. The summed E-state index contributed by atoms with van der Waals surface area (Å²) in [5.41, 5.74) is 2.86. The van der Waals surface area contributed by atoms with E-state index in [0.29, 0.717) is 28.6 Å². The number of Topliss-reactive ketones (excluding diaryl/α,β-unsaturated/α-hetero) is 1. The first-order valence-electron chi connectivity index (χ1n) is 9.66. The molecule has 0 amide bonds. The highest BCUT2D eigenvalue weighted by atomic mass is 16.5. The fourth-order valence-electron chi connectivity index (χ4n) is 3.26. The third-order valence-corrected chi connectivity index (χ3v) is 4.59. The van der Waals surface area contributed by atoms with Gasteiger partial charge in [-0.25, -0.2) is 9.78 Å². The second-order valence-corrected chi connectivity index (χ2v) is 6.72. The molecule has 0 aliphatic carbocycles. The summed E-state index contributed by atoms with van der Waals surface area (Å²) < 4.78 is 5.13. The van der Waals surface area contributed by atoms with Gasteiger partial charge in [0, 0.05) is 16.6 Å². The van der Waals surface area contributed by atoms with Crippen LogP contribution in [0.15, 0.2) is 42.5 Å². The van der Waals surface area contributed by atoms with Crippen molar-refractivity contribution >= 4 is 34.0 Å². The van der Waals surface area contributed by atoms with Crippen molar-refractivity contribution in [3.05, 3.63) is 59.3 Å².